The van der Waals surface area contributed by atoms with Crippen molar-refractivity contribution in [3.63, 3.8) is 0 Å². The van der Waals surface area contributed by atoms with Crippen LogP contribution < -0.4 is 5.32 Å². The molecular formula is C18H31N. The van der Waals surface area contributed by atoms with E-state index in [0.717, 1.165) is 11.8 Å². The van der Waals surface area contributed by atoms with Crippen LogP contribution in [-0.4, -0.2) is 6.04 Å². The van der Waals surface area contributed by atoms with Crippen molar-refractivity contribution in [1.29, 1.82) is 0 Å². The van der Waals surface area contributed by atoms with Crippen molar-refractivity contribution in [3.05, 3.63) is 35.4 Å². The van der Waals surface area contributed by atoms with Gasteiger partial charge in [0, 0.05) is 12.1 Å². The molecule has 1 aromatic rings. The van der Waals surface area contributed by atoms with Gasteiger partial charge in [-0.25, -0.2) is 0 Å². The van der Waals surface area contributed by atoms with Crippen molar-refractivity contribution in [2.75, 3.05) is 0 Å². The summed E-state index contributed by atoms with van der Waals surface area (Å²) in [6.07, 6.45) is 2.52. The molecule has 0 amide bonds. The molecule has 1 heteroatoms. The Hall–Kier alpha value is -0.820. The monoisotopic (exact) mass is 261 g/mol. The molecule has 0 radical (unpaired) electrons. The molecule has 1 N–H and O–H groups in total. The summed E-state index contributed by atoms with van der Waals surface area (Å²) in [5.74, 6) is 1.50. The first kappa shape index (κ1) is 16.2. The first-order valence-electron chi connectivity index (χ1n) is 7.71. The standard InChI is InChI=1S/C18H31N/c1-13(2)11-18(12-14(3)4)19-16(6)17-9-7-15(5)8-10-17/h7-10,13-14,16,18-19H,11-12H2,1-6H3/t16-/m1/s1. The lowest BCUT2D eigenvalue weighted by molar-refractivity contribution is 0.335. The zero-order valence-corrected chi connectivity index (χ0v) is 13.5. The van der Waals surface area contributed by atoms with Crippen LogP contribution >= 0.6 is 0 Å². The van der Waals surface area contributed by atoms with Crippen molar-refractivity contribution in [1.82, 2.24) is 5.32 Å². The molecule has 0 spiro atoms. The minimum absolute atomic E-state index is 0.433. The maximum Gasteiger partial charge on any atom is 0.0294 e. The number of hydrogen-bond acceptors (Lipinski definition) is 1. The molecule has 0 aromatic heterocycles. The normalized spacial score (nSPS) is 13.5. The van der Waals surface area contributed by atoms with E-state index in [1.165, 1.54) is 24.0 Å². The molecule has 0 bridgehead atoms. The Kier molecular flexibility index (Phi) is 6.57. The van der Waals surface area contributed by atoms with Crippen LogP contribution in [0, 0.1) is 18.8 Å². The van der Waals surface area contributed by atoms with Crippen molar-refractivity contribution < 1.29 is 0 Å². The lowest BCUT2D eigenvalue weighted by Gasteiger charge is -2.26. The molecule has 108 valence electrons. The highest BCUT2D eigenvalue weighted by Crippen LogP contribution is 2.19. The smallest absolute Gasteiger partial charge is 0.0294 e. The van der Waals surface area contributed by atoms with Crippen LogP contribution in [0.5, 0.6) is 0 Å². The lowest BCUT2D eigenvalue weighted by atomic mass is 9.94. The summed E-state index contributed by atoms with van der Waals surface area (Å²) in [4.78, 5) is 0. The molecule has 0 unspecified atom stereocenters. The zero-order chi connectivity index (χ0) is 14.4. The van der Waals surface area contributed by atoms with Gasteiger partial charge in [-0.1, -0.05) is 57.5 Å². The first-order chi connectivity index (χ1) is 8.88. The summed E-state index contributed by atoms with van der Waals surface area (Å²) in [6, 6.07) is 9.95. The molecule has 0 saturated heterocycles. The van der Waals surface area contributed by atoms with Gasteiger partial charge in [-0.15, -0.1) is 0 Å². The van der Waals surface area contributed by atoms with Crippen LogP contribution in [-0.2, 0) is 0 Å². The molecule has 0 saturated carbocycles. The van der Waals surface area contributed by atoms with Gasteiger partial charge in [0.2, 0.25) is 0 Å². The second-order valence-corrected chi connectivity index (χ2v) is 6.76. The van der Waals surface area contributed by atoms with Crippen molar-refractivity contribution in [2.24, 2.45) is 11.8 Å². The fourth-order valence-corrected chi connectivity index (χ4v) is 2.68. The van der Waals surface area contributed by atoms with Gasteiger partial charge in [0.15, 0.2) is 0 Å². The van der Waals surface area contributed by atoms with E-state index in [-0.39, 0.29) is 0 Å². The van der Waals surface area contributed by atoms with Gasteiger partial charge in [-0.3, -0.25) is 0 Å². The molecule has 1 atom stereocenters. The number of aryl methyl sites for hydroxylation is 1. The van der Waals surface area contributed by atoms with Gasteiger partial charge in [0.05, 0.1) is 0 Å². The molecule has 0 fully saturated rings. The van der Waals surface area contributed by atoms with E-state index in [1.54, 1.807) is 0 Å². The molecule has 0 heterocycles. The van der Waals surface area contributed by atoms with Crippen LogP contribution in [0.15, 0.2) is 24.3 Å². The van der Waals surface area contributed by atoms with E-state index in [9.17, 15) is 0 Å². The predicted molar refractivity (Wildman–Crippen MR) is 85.4 cm³/mol. The van der Waals surface area contributed by atoms with Crippen molar-refractivity contribution in [2.45, 2.75) is 66.5 Å². The summed E-state index contributed by atoms with van der Waals surface area (Å²) in [6.45, 7) is 13.7. The number of rotatable bonds is 7. The first-order valence-corrected chi connectivity index (χ1v) is 7.71. The summed E-state index contributed by atoms with van der Waals surface area (Å²) >= 11 is 0. The second kappa shape index (κ2) is 7.69. The quantitative estimate of drug-likeness (QED) is 0.719. The Morgan fingerprint density at radius 3 is 1.74 bits per heavy atom. The third-order valence-electron chi connectivity index (χ3n) is 3.57. The molecule has 1 nitrogen and oxygen atoms in total. The van der Waals surface area contributed by atoms with Gasteiger partial charge in [0.25, 0.3) is 0 Å². The van der Waals surface area contributed by atoms with Crippen molar-refractivity contribution >= 4 is 0 Å². The molecule has 0 aliphatic heterocycles. The second-order valence-electron chi connectivity index (χ2n) is 6.76. The fraction of sp³-hybridized carbons (Fsp3) is 0.667. The largest absolute Gasteiger partial charge is 0.307 e. The lowest BCUT2D eigenvalue weighted by Crippen LogP contribution is -2.33. The van der Waals surface area contributed by atoms with E-state index in [0.29, 0.717) is 12.1 Å². The number of nitrogens with one attached hydrogen (secondary N) is 1. The molecule has 1 rings (SSSR count). The number of benzene rings is 1. The van der Waals surface area contributed by atoms with Crippen LogP contribution in [0.3, 0.4) is 0 Å². The highest BCUT2D eigenvalue weighted by atomic mass is 14.9. The predicted octanol–water partition coefficient (Wildman–Crippen LogP) is 5.11. The molecule has 1 aromatic carbocycles. The van der Waals surface area contributed by atoms with Crippen molar-refractivity contribution in [3.8, 4) is 0 Å². The van der Waals surface area contributed by atoms with E-state index in [2.05, 4.69) is 71.1 Å². The van der Waals surface area contributed by atoms with E-state index < -0.39 is 0 Å². The maximum absolute atomic E-state index is 3.82. The van der Waals surface area contributed by atoms with Crippen LogP contribution in [0.4, 0.5) is 0 Å². The minimum atomic E-state index is 0.433. The van der Waals surface area contributed by atoms with Gasteiger partial charge in [0.1, 0.15) is 0 Å². The van der Waals surface area contributed by atoms with Gasteiger partial charge in [-0.05, 0) is 44.1 Å². The highest BCUT2D eigenvalue weighted by molar-refractivity contribution is 5.23. The summed E-state index contributed by atoms with van der Waals surface area (Å²) < 4.78 is 0. The summed E-state index contributed by atoms with van der Waals surface area (Å²) in [5, 5.41) is 3.82. The Morgan fingerprint density at radius 2 is 1.32 bits per heavy atom. The van der Waals surface area contributed by atoms with Crippen LogP contribution in [0.25, 0.3) is 0 Å². The Morgan fingerprint density at radius 1 is 0.842 bits per heavy atom. The van der Waals surface area contributed by atoms with E-state index >= 15 is 0 Å². The summed E-state index contributed by atoms with van der Waals surface area (Å²) in [5.41, 5.74) is 2.72. The number of hydrogen-bond donors (Lipinski definition) is 1. The molecule has 0 aliphatic carbocycles. The molecular weight excluding hydrogens is 230 g/mol. The average molecular weight is 261 g/mol. The van der Waals surface area contributed by atoms with E-state index in [4.69, 9.17) is 0 Å². The Balaban J connectivity index is 2.63. The average Bonchev–Trinajstić information content (AvgIpc) is 2.27. The van der Waals surface area contributed by atoms with Gasteiger partial charge >= 0.3 is 0 Å². The third-order valence-corrected chi connectivity index (χ3v) is 3.57. The maximum atomic E-state index is 3.82. The topological polar surface area (TPSA) is 12.0 Å². The zero-order valence-electron chi connectivity index (χ0n) is 13.5. The van der Waals surface area contributed by atoms with Gasteiger partial charge in [-0.2, -0.15) is 0 Å². The van der Waals surface area contributed by atoms with Crippen LogP contribution in [0.2, 0.25) is 0 Å². The summed E-state index contributed by atoms with van der Waals surface area (Å²) in [7, 11) is 0. The fourth-order valence-electron chi connectivity index (χ4n) is 2.68. The van der Waals surface area contributed by atoms with Gasteiger partial charge < -0.3 is 5.32 Å². The van der Waals surface area contributed by atoms with Crippen LogP contribution in [0.1, 0.15) is 64.6 Å². The highest BCUT2D eigenvalue weighted by Gasteiger charge is 2.16. The molecule has 19 heavy (non-hydrogen) atoms. The molecule has 0 aliphatic rings. The van der Waals surface area contributed by atoms with E-state index in [1.807, 2.05) is 0 Å². The minimum Gasteiger partial charge on any atom is -0.307 e. The SMILES string of the molecule is Cc1ccc([C@@H](C)NC(CC(C)C)CC(C)C)cc1. The Labute approximate surface area is 119 Å². The Bertz CT molecular complexity index is 340. The third kappa shape index (κ3) is 6.24.